The van der Waals surface area contributed by atoms with E-state index in [9.17, 15) is 26.4 Å². The number of nitrogens with zero attached hydrogens (tertiary/aromatic N) is 2. The minimum atomic E-state index is -4.74. The number of alkyl halides is 3. The van der Waals surface area contributed by atoms with Gasteiger partial charge in [0.1, 0.15) is 0 Å². The largest absolute Gasteiger partial charge is 0.417 e. The van der Waals surface area contributed by atoms with E-state index < -0.39 is 26.7 Å². The van der Waals surface area contributed by atoms with E-state index in [0.717, 1.165) is 48.8 Å². The van der Waals surface area contributed by atoms with Crippen molar-refractivity contribution < 1.29 is 26.4 Å². The van der Waals surface area contributed by atoms with Crippen LogP contribution in [-0.4, -0.2) is 49.7 Å². The number of carbonyl (C=O) groups is 1. The first-order valence-electron chi connectivity index (χ1n) is 9.16. The van der Waals surface area contributed by atoms with Crippen molar-refractivity contribution in [3.8, 4) is 0 Å². The standard InChI is InChI=1S/C18H23F3N2O3S/c19-18(20,21)15-6-2-3-7-16(15)27(25,26)23-12-8-14(9-13-23)17(24)22-10-4-1-5-11-22/h2-3,6-7,14H,1,4-5,8-13H2. The monoisotopic (exact) mass is 404 g/mol. The summed E-state index contributed by atoms with van der Waals surface area (Å²) < 4.78 is 66.2. The van der Waals surface area contributed by atoms with Crippen molar-refractivity contribution in [3.63, 3.8) is 0 Å². The van der Waals surface area contributed by atoms with E-state index in [4.69, 9.17) is 0 Å². The first kappa shape index (κ1) is 20.1. The zero-order valence-corrected chi connectivity index (χ0v) is 15.7. The number of hydrogen-bond donors (Lipinski definition) is 0. The van der Waals surface area contributed by atoms with E-state index in [1.807, 2.05) is 4.90 Å². The minimum Gasteiger partial charge on any atom is -0.342 e. The Morgan fingerprint density at radius 2 is 1.56 bits per heavy atom. The third-order valence-corrected chi connectivity index (χ3v) is 7.24. The average molecular weight is 404 g/mol. The summed E-state index contributed by atoms with van der Waals surface area (Å²) in [5.74, 6) is -0.213. The van der Waals surface area contributed by atoms with Crippen LogP contribution in [-0.2, 0) is 21.0 Å². The molecule has 0 N–H and O–H groups in total. The Hall–Kier alpha value is -1.61. The molecule has 9 heteroatoms. The van der Waals surface area contributed by atoms with E-state index in [2.05, 4.69) is 0 Å². The first-order valence-corrected chi connectivity index (χ1v) is 10.6. The molecule has 3 rings (SSSR count). The number of rotatable bonds is 3. The number of hydrogen-bond acceptors (Lipinski definition) is 3. The van der Waals surface area contributed by atoms with Gasteiger partial charge in [-0.15, -0.1) is 0 Å². The van der Waals surface area contributed by atoms with Crippen LogP contribution >= 0.6 is 0 Å². The molecule has 2 heterocycles. The zero-order valence-electron chi connectivity index (χ0n) is 14.9. The van der Waals surface area contributed by atoms with Crippen molar-refractivity contribution in [2.24, 2.45) is 5.92 Å². The van der Waals surface area contributed by atoms with E-state index in [1.165, 1.54) is 12.1 Å². The Morgan fingerprint density at radius 1 is 0.963 bits per heavy atom. The summed E-state index contributed by atoms with van der Waals surface area (Å²) in [6.45, 7) is 1.57. The molecule has 1 aromatic carbocycles. The van der Waals surface area contributed by atoms with Crippen LogP contribution in [0.2, 0.25) is 0 Å². The van der Waals surface area contributed by atoms with Crippen molar-refractivity contribution in [1.82, 2.24) is 9.21 Å². The Balaban J connectivity index is 1.71. The molecule has 0 aromatic heterocycles. The lowest BCUT2D eigenvalue weighted by Crippen LogP contribution is -2.45. The number of sulfonamides is 1. The smallest absolute Gasteiger partial charge is 0.342 e. The molecule has 0 bridgehead atoms. The summed E-state index contributed by atoms with van der Waals surface area (Å²) in [4.78, 5) is 13.7. The number of benzene rings is 1. The van der Waals surface area contributed by atoms with Gasteiger partial charge in [-0.3, -0.25) is 4.79 Å². The van der Waals surface area contributed by atoms with Gasteiger partial charge in [-0.2, -0.15) is 17.5 Å². The number of piperidine rings is 2. The van der Waals surface area contributed by atoms with Crippen LogP contribution in [0.25, 0.3) is 0 Å². The van der Waals surface area contributed by atoms with E-state index in [-0.39, 0.29) is 24.9 Å². The maximum Gasteiger partial charge on any atom is 0.417 e. The van der Waals surface area contributed by atoms with Gasteiger partial charge in [-0.25, -0.2) is 8.42 Å². The normalized spacial score (nSPS) is 20.6. The molecule has 0 atom stereocenters. The maximum absolute atomic E-state index is 13.2. The fourth-order valence-electron chi connectivity index (χ4n) is 3.78. The van der Waals surface area contributed by atoms with E-state index in [0.29, 0.717) is 12.8 Å². The van der Waals surface area contributed by atoms with Crippen LogP contribution in [0.4, 0.5) is 13.2 Å². The lowest BCUT2D eigenvalue weighted by Gasteiger charge is -2.35. The van der Waals surface area contributed by atoms with Crippen molar-refractivity contribution >= 4 is 15.9 Å². The molecule has 0 spiro atoms. The van der Waals surface area contributed by atoms with Crippen molar-refractivity contribution in [1.29, 1.82) is 0 Å². The minimum absolute atomic E-state index is 0.0439. The van der Waals surface area contributed by atoms with Crippen LogP contribution in [0.3, 0.4) is 0 Å². The van der Waals surface area contributed by atoms with Crippen LogP contribution in [0.5, 0.6) is 0 Å². The fraction of sp³-hybridized carbons (Fsp3) is 0.611. The topological polar surface area (TPSA) is 57.7 Å². The highest BCUT2D eigenvalue weighted by Crippen LogP contribution is 2.36. The molecule has 2 fully saturated rings. The number of amides is 1. The van der Waals surface area contributed by atoms with Crippen LogP contribution in [0.1, 0.15) is 37.7 Å². The Labute approximate surface area is 157 Å². The maximum atomic E-state index is 13.2. The molecule has 1 aromatic rings. The summed E-state index contributed by atoms with van der Waals surface area (Å²) in [5.41, 5.74) is -1.16. The molecule has 0 radical (unpaired) electrons. The highest BCUT2D eigenvalue weighted by molar-refractivity contribution is 7.89. The summed E-state index contributed by atoms with van der Waals surface area (Å²) in [6.07, 6.45) is -1.00. The third-order valence-electron chi connectivity index (χ3n) is 5.28. The number of likely N-dealkylation sites (tertiary alicyclic amines) is 1. The molecule has 0 aliphatic carbocycles. The lowest BCUT2D eigenvalue weighted by molar-refractivity contribution is -0.140. The second-order valence-electron chi connectivity index (χ2n) is 7.06. The highest BCUT2D eigenvalue weighted by atomic mass is 32.2. The van der Waals surface area contributed by atoms with Gasteiger partial charge in [0.25, 0.3) is 0 Å². The molecule has 0 saturated carbocycles. The Bertz CT molecular complexity index is 781. The van der Waals surface area contributed by atoms with E-state index >= 15 is 0 Å². The van der Waals surface area contributed by atoms with Crippen molar-refractivity contribution in [2.75, 3.05) is 26.2 Å². The van der Waals surface area contributed by atoms with Crippen LogP contribution in [0, 0.1) is 5.92 Å². The highest BCUT2D eigenvalue weighted by Gasteiger charge is 2.40. The summed E-state index contributed by atoms with van der Waals surface area (Å²) in [7, 11) is -4.26. The molecule has 0 unspecified atom stereocenters. The third kappa shape index (κ3) is 4.29. The number of carbonyl (C=O) groups excluding carboxylic acids is 1. The fourth-order valence-corrected chi connectivity index (χ4v) is 5.46. The Morgan fingerprint density at radius 3 is 2.15 bits per heavy atom. The zero-order chi connectivity index (χ0) is 19.7. The van der Waals surface area contributed by atoms with Gasteiger partial charge in [0, 0.05) is 32.1 Å². The summed E-state index contributed by atoms with van der Waals surface area (Å²) in [6, 6.07) is 4.22. The van der Waals surface area contributed by atoms with E-state index in [1.54, 1.807) is 0 Å². The lowest BCUT2D eigenvalue weighted by atomic mass is 9.95. The first-order chi connectivity index (χ1) is 12.7. The predicted molar refractivity (Wildman–Crippen MR) is 93.4 cm³/mol. The van der Waals surface area contributed by atoms with Gasteiger partial charge in [0.2, 0.25) is 15.9 Å². The molecule has 1 amide bonds. The van der Waals surface area contributed by atoms with Crippen molar-refractivity contribution in [3.05, 3.63) is 29.8 Å². The van der Waals surface area contributed by atoms with Gasteiger partial charge in [0.05, 0.1) is 10.5 Å². The molecule has 2 aliphatic rings. The van der Waals surface area contributed by atoms with Crippen LogP contribution in [0.15, 0.2) is 29.2 Å². The Kier molecular flexibility index (Phi) is 5.81. The molecular formula is C18H23F3N2O3S. The molecule has 150 valence electrons. The van der Waals surface area contributed by atoms with Crippen LogP contribution < -0.4 is 0 Å². The van der Waals surface area contributed by atoms with Gasteiger partial charge >= 0.3 is 6.18 Å². The second-order valence-corrected chi connectivity index (χ2v) is 8.96. The molecule has 5 nitrogen and oxygen atoms in total. The van der Waals surface area contributed by atoms with Crippen molar-refractivity contribution in [2.45, 2.75) is 43.2 Å². The summed E-state index contributed by atoms with van der Waals surface area (Å²) >= 11 is 0. The quantitative estimate of drug-likeness (QED) is 0.778. The molecular weight excluding hydrogens is 381 g/mol. The number of halogens is 3. The van der Waals surface area contributed by atoms with Gasteiger partial charge in [-0.1, -0.05) is 12.1 Å². The molecule has 2 aliphatic heterocycles. The van der Waals surface area contributed by atoms with Gasteiger partial charge in [0.15, 0.2) is 0 Å². The predicted octanol–water partition coefficient (Wildman–Crippen LogP) is 3.12. The van der Waals surface area contributed by atoms with Gasteiger partial charge < -0.3 is 4.90 Å². The summed E-state index contributed by atoms with van der Waals surface area (Å²) in [5, 5.41) is 0. The van der Waals surface area contributed by atoms with Gasteiger partial charge in [-0.05, 0) is 44.2 Å². The molecule has 27 heavy (non-hydrogen) atoms. The SMILES string of the molecule is O=C(C1CCN(S(=O)(=O)c2ccccc2C(F)(F)F)CC1)N1CCCCC1. The second kappa shape index (κ2) is 7.79. The molecule has 2 saturated heterocycles. The average Bonchev–Trinajstić information content (AvgIpc) is 2.67.